The topological polar surface area (TPSA) is 70.1 Å². The average Bonchev–Trinajstić information content (AvgIpc) is 2.76. The van der Waals surface area contributed by atoms with E-state index in [1.807, 2.05) is 67.6 Å². The molecule has 1 aromatic heterocycles. The van der Waals surface area contributed by atoms with Gasteiger partial charge in [0.1, 0.15) is 11.6 Å². The lowest BCUT2D eigenvalue weighted by atomic mass is 10.1. The van der Waals surface area contributed by atoms with Crippen LogP contribution in [0.25, 0.3) is 22.3 Å². The molecule has 2 N–H and O–H groups in total. The first-order chi connectivity index (χ1) is 14.1. The molecule has 1 heterocycles. The van der Waals surface area contributed by atoms with Gasteiger partial charge in [0, 0.05) is 12.1 Å². The van der Waals surface area contributed by atoms with Crippen molar-refractivity contribution < 1.29 is 4.74 Å². The van der Waals surface area contributed by atoms with Gasteiger partial charge in [-0.15, -0.1) is 0 Å². The average molecular weight is 385 g/mol. The second-order valence-electron chi connectivity index (χ2n) is 7.05. The Morgan fingerprint density at radius 2 is 1.79 bits per heavy atom. The minimum atomic E-state index is -0.0923. The van der Waals surface area contributed by atoms with Crippen molar-refractivity contribution in [3.8, 4) is 17.1 Å². The van der Waals surface area contributed by atoms with Crippen LogP contribution in [0.3, 0.4) is 0 Å². The van der Waals surface area contributed by atoms with Crippen molar-refractivity contribution in [1.82, 2.24) is 9.55 Å². The third-order valence-electron chi connectivity index (χ3n) is 5.12. The SMILES string of the molecule is COc1ccc2nc(-c3ccccc3C)n(Cc3cccc(CN)c3)c(=O)c2c1. The Morgan fingerprint density at radius 1 is 1.00 bits per heavy atom. The van der Waals surface area contributed by atoms with Gasteiger partial charge in [-0.1, -0.05) is 48.5 Å². The van der Waals surface area contributed by atoms with Crippen LogP contribution in [0.15, 0.2) is 71.5 Å². The molecule has 5 heteroatoms. The van der Waals surface area contributed by atoms with Crippen LogP contribution in [0.5, 0.6) is 5.75 Å². The second-order valence-corrected chi connectivity index (χ2v) is 7.05. The Bertz CT molecular complexity index is 1240. The molecule has 0 fully saturated rings. The molecule has 0 atom stereocenters. The lowest BCUT2D eigenvalue weighted by Crippen LogP contribution is -2.24. The number of nitrogens with two attached hydrogens (primary N) is 1. The summed E-state index contributed by atoms with van der Waals surface area (Å²) in [6.07, 6.45) is 0. The normalized spacial score (nSPS) is 11.0. The fourth-order valence-corrected chi connectivity index (χ4v) is 3.54. The minimum Gasteiger partial charge on any atom is -0.497 e. The van der Waals surface area contributed by atoms with E-state index in [0.29, 0.717) is 35.6 Å². The van der Waals surface area contributed by atoms with Gasteiger partial charge in [-0.2, -0.15) is 0 Å². The molecule has 0 aliphatic heterocycles. The molecule has 0 spiro atoms. The zero-order valence-electron chi connectivity index (χ0n) is 16.6. The highest BCUT2D eigenvalue weighted by Crippen LogP contribution is 2.25. The van der Waals surface area contributed by atoms with Crippen molar-refractivity contribution in [3.63, 3.8) is 0 Å². The highest BCUT2D eigenvalue weighted by atomic mass is 16.5. The van der Waals surface area contributed by atoms with Crippen LogP contribution in [0.4, 0.5) is 0 Å². The maximum atomic E-state index is 13.5. The van der Waals surface area contributed by atoms with Crippen LogP contribution < -0.4 is 16.0 Å². The fraction of sp³-hybridized carbons (Fsp3) is 0.167. The van der Waals surface area contributed by atoms with E-state index in [1.54, 1.807) is 17.7 Å². The van der Waals surface area contributed by atoms with Gasteiger partial charge in [0.15, 0.2) is 0 Å². The predicted molar refractivity (Wildman–Crippen MR) is 116 cm³/mol. The van der Waals surface area contributed by atoms with Gasteiger partial charge in [0.25, 0.3) is 5.56 Å². The van der Waals surface area contributed by atoms with Gasteiger partial charge in [-0.05, 0) is 41.8 Å². The number of benzene rings is 3. The number of hydrogen-bond acceptors (Lipinski definition) is 4. The number of rotatable bonds is 5. The van der Waals surface area contributed by atoms with Gasteiger partial charge in [0.2, 0.25) is 0 Å². The zero-order valence-corrected chi connectivity index (χ0v) is 16.6. The van der Waals surface area contributed by atoms with Crippen molar-refractivity contribution in [2.45, 2.75) is 20.0 Å². The van der Waals surface area contributed by atoms with Crippen molar-refractivity contribution in [3.05, 3.63) is 93.8 Å². The lowest BCUT2D eigenvalue weighted by molar-refractivity contribution is 0.415. The molecule has 4 rings (SSSR count). The van der Waals surface area contributed by atoms with Crippen molar-refractivity contribution in [2.75, 3.05) is 7.11 Å². The van der Waals surface area contributed by atoms with E-state index in [1.165, 1.54) is 0 Å². The van der Waals surface area contributed by atoms with E-state index >= 15 is 0 Å². The Morgan fingerprint density at radius 3 is 2.55 bits per heavy atom. The second kappa shape index (κ2) is 7.89. The summed E-state index contributed by atoms with van der Waals surface area (Å²) in [6.45, 7) is 2.90. The van der Waals surface area contributed by atoms with Crippen molar-refractivity contribution >= 4 is 10.9 Å². The maximum Gasteiger partial charge on any atom is 0.262 e. The zero-order chi connectivity index (χ0) is 20.4. The molecular formula is C24H23N3O2. The molecule has 0 amide bonds. The van der Waals surface area contributed by atoms with Crippen LogP contribution >= 0.6 is 0 Å². The van der Waals surface area contributed by atoms with Crippen LogP contribution in [-0.2, 0) is 13.1 Å². The summed E-state index contributed by atoms with van der Waals surface area (Å²) >= 11 is 0. The molecule has 0 bridgehead atoms. The van der Waals surface area contributed by atoms with Crippen LogP contribution in [-0.4, -0.2) is 16.7 Å². The van der Waals surface area contributed by atoms with E-state index in [9.17, 15) is 4.79 Å². The van der Waals surface area contributed by atoms with Crippen LogP contribution in [0, 0.1) is 6.92 Å². The number of fused-ring (bicyclic) bond motifs is 1. The summed E-state index contributed by atoms with van der Waals surface area (Å²) < 4.78 is 7.05. The smallest absolute Gasteiger partial charge is 0.262 e. The molecule has 4 aromatic rings. The van der Waals surface area contributed by atoms with E-state index in [2.05, 4.69) is 0 Å². The van der Waals surface area contributed by atoms with Gasteiger partial charge in [-0.3, -0.25) is 9.36 Å². The molecule has 5 nitrogen and oxygen atoms in total. The van der Waals surface area contributed by atoms with E-state index in [-0.39, 0.29) is 5.56 Å². The molecular weight excluding hydrogens is 362 g/mol. The number of nitrogens with zero attached hydrogens (tertiary/aromatic N) is 2. The Hall–Kier alpha value is -3.44. The summed E-state index contributed by atoms with van der Waals surface area (Å²) in [5.74, 6) is 1.29. The molecule has 0 saturated carbocycles. The van der Waals surface area contributed by atoms with Crippen molar-refractivity contribution in [1.29, 1.82) is 0 Å². The summed E-state index contributed by atoms with van der Waals surface area (Å²) in [7, 11) is 1.59. The Balaban J connectivity index is 1.98. The molecule has 0 radical (unpaired) electrons. The quantitative estimate of drug-likeness (QED) is 0.566. The van der Waals surface area contributed by atoms with Gasteiger partial charge in [0.05, 0.1) is 24.6 Å². The van der Waals surface area contributed by atoms with Gasteiger partial charge >= 0.3 is 0 Å². The highest BCUT2D eigenvalue weighted by molar-refractivity contribution is 5.81. The summed E-state index contributed by atoms with van der Waals surface area (Å²) in [6, 6.07) is 21.4. The fourth-order valence-electron chi connectivity index (χ4n) is 3.54. The first-order valence-corrected chi connectivity index (χ1v) is 9.53. The largest absolute Gasteiger partial charge is 0.497 e. The summed E-state index contributed by atoms with van der Waals surface area (Å²) in [5, 5.41) is 0.539. The molecule has 0 aliphatic carbocycles. The first-order valence-electron chi connectivity index (χ1n) is 9.53. The third-order valence-corrected chi connectivity index (χ3v) is 5.12. The summed E-state index contributed by atoms with van der Waals surface area (Å²) in [4.78, 5) is 18.4. The molecule has 0 unspecified atom stereocenters. The highest BCUT2D eigenvalue weighted by Gasteiger charge is 2.15. The van der Waals surface area contributed by atoms with Gasteiger partial charge < -0.3 is 10.5 Å². The standard InChI is InChI=1S/C24H23N3O2/c1-16-6-3-4-9-20(16)23-26-22-11-10-19(29-2)13-21(22)24(28)27(23)15-18-8-5-7-17(12-18)14-25/h3-13H,14-15,25H2,1-2H3. The minimum absolute atomic E-state index is 0.0923. The predicted octanol–water partition coefficient (Wildman–Crippen LogP) is 3.89. The van der Waals surface area contributed by atoms with Crippen LogP contribution in [0.2, 0.25) is 0 Å². The lowest BCUT2D eigenvalue weighted by Gasteiger charge is -2.16. The molecule has 146 valence electrons. The molecule has 0 aliphatic rings. The van der Waals surface area contributed by atoms with Crippen molar-refractivity contribution in [2.24, 2.45) is 5.73 Å². The van der Waals surface area contributed by atoms with E-state index in [0.717, 1.165) is 22.3 Å². The molecule has 3 aromatic carbocycles. The summed E-state index contributed by atoms with van der Waals surface area (Å²) in [5.41, 5.74) is 10.4. The molecule has 29 heavy (non-hydrogen) atoms. The van der Waals surface area contributed by atoms with Crippen LogP contribution in [0.1, 0.15) is 16.7 Å². The number of methoxy groups -OCH3 is 1. The maximum absolute atomic E-state index is 13.5. The number of hydrogen-bond donors (Lipinski definition) is 1. The Labute approximate surface area is 169 Å². The Kier molecular flexibility index (Phi) is 5.14. The number of ether oxygens (including phenoxy) is 1. The number of aromatic nitrogens is 2. The number of aryl methyl sites for hydroxylation is 1. The monoisotopic (exact) mass is 385 g/mol. The van der Waals surface area contributed by atoms with E-state index in [4.69, 9.17) is 15.5 Å². The van der Waals surface area contributed by atoms with E-state index < -0.39 is 0 Å². The third kappa shape index (κ3) is 3.65. The molecule has 0 saturated heterocycles. The van der Waals surface area contributed by atoms with Gasteiger partial charge in [-0.25, -0.2) is 4.98 Å². The first kappa shape index (κ1) is 18.9.